The molecule has 0 saturated carbocycles. The van der Waals surface area contributed by atoms with E-state index in [1.807, 2.05) is 0 Å². The third kappa shape index (κ3) is 6.73. The van der Waals surface area contributed by atoms with Crippen LogP contribution in [-0.2, 0) is 0 Å². The van der Waals surface area contributed by atoms with Crippen LogP contribution in [0, 0.1) is 5.92 Å². The predicted octanol–water partition coefficient (Wildman–Crippen LogP) is 2.43. The standard InChI is InChI=1S/C16H35N3/c1-6-7-17-15(4)12-16(5)19-10-8-18(9-11-19)13-14(2)3/h14-17H,6-13H2,1-5H3. The number of hydrogen-bond donors (Lipinski definition) is 1. The normalized spacial score (nSPS) is 21.8. The first-order chi connectivity index (χ1) is 9.02. The molecular formula is C16H35N3. The van der Waals surface area contributed by atoms with Gasteiger partial charge in [-0.25, -0.2) is 0 Å². The average Bonchev–Trinajstić information content (AvgIpc) is 2.36. The van der Waals surface area contributed by atoms with E-state index in [-0.39, 0.29) is 0 Å². The van der Waals surface area contributed by atoms with Gasteiger partial charge >= 0.3 is 0 Å². The minimum absolute atomic E-state index is 0.642. The Morgan fingerprint density at radius 3 is 2.16 bits per heavy atom. The maximum absolute atomic E-state index is 3.60. The van der Waals surface area contributed by atoms with Crippen molar-refractivity contribution in [3.63, 3.8) is 0 Å². The van der Waals surface area contributed by atoms with E-state index < -0.39 is 0 Å². The summed E-state index contributed by atoms with van der Waals surface area (Å²) < 4.78 is 0. The van der Waals surface area contributed by atoms with Crippen LogP contribution in [0.2, 0.25) is 0 Å². The first-order valence-corrected chi connectivity index (χ1v) is 8.22. The molecule has 3 heteroatoms. The zero-order valence-corrected chi connectivity index (χ0v) is 13.8. The summed E-state index contributed by atoms with van der Waals surface area (Å²) in [5.41, 5.74) is 0. The van der Waals surface area contributed by atoms with Gasteiger partial charge in [0.2, 0.25) is 0 Å². The zero-order chi connectivity index (χ0) is 14.3. The first kappa shape index (κ1) is 16.9. The van der Waals surface area contributed by atoms with Crippen LogP contribution in [-0.4, -0.2) is 61.2 Å². The SMILES string of the molecule is CCCNC(C)CC(C)N1CCN(CC(C)C)CC1. The van der Waals surface area contributed by atoms with Gasteiger partial charge in [0.05, 0.1) is 0 Å². The second kappa shape index (κ2) is 8.93. The van der Waals surface area contributed by atoms with E-state index in [1.165, 1.54) is 45.6 Å². The lowest BCUT2D eigenvalue weighted by Crippen LogP contribution is -2.51. The molecule has 1 N–H and O–H groups in total. The van der Waals surface area contributed by atoms with Crippen molar-refractivity contribution < 1.29 is 0 Å². The van der Waals surface area contributed by atoms with E-state index in [0.717, 1.165) is 12.5 Å². The third-order valence-corrected chi connectivity index (χ3v) is 4.09. The fourth-order valence-corrected chi connectivity index (χ4v) is 3.04. The van der Waals surface area contributed by atoms with Crippen LogP contribution in [0.3, 0.4) is 0 Å². The lowest BCUT2D eigenvalue weighted by molar-refractivity contribution is 0.0882. The predicted molar refractivity (Wildman–Crippen MR) is 84.7 cm³/mol. The Labute approximate surface area is 120 Å². The third-order valence-electron chi connectivity index (χ3n) is 4.09. The van der Waals surface area contributed by atoms with Gasteiger partial charge in [0, 0.05) is 44.8 Å². The Hall–Kier alpha value is -0.120. The van der Waals surface area contributed by atoms with Gasteiger partial charge in [-0.3, -0.25) is 4.90 Å². The van der Waals surface area contributed by atoms with Crippen LogP contribution in [0.1, 0.15) is 47.5 Å². The number of nitrogens with zero attached hydrogens (tertiary/aromatic N) is 2. The van der Waals surface area contributed by atoms with Crippen molar-refractivity contribution in [2.24, 2.45) is 5.92 Å². The van der Waals surface area contributed by atoms with Gasteiger partial charge in [-0.15, -0.1) is 0 Å². The molecule has 0 amide bonds. The maximum atomic E-state index is 3.60. The lowest BCUT2D eigenvalue weighted by atomic mass is 10.1. The fraction of sp³-hybridized carbons (Fsp3) is 1.00. The highest BCUT2D eigenvalue weighted by molar-refractivity contribution is 4.79. The van der Waals surface area contributed by atoms with E-state index in [0.29, 0.717) is 12.1 Å². The summed E-state index contributed by atoms with van der Waals surface area (Å²) in [7, 11) is 0. The van der Waals surface area contributed by atoms with Crippen LogP contribution >= 0.6 is 0 Å². The average molecular weight is 269 g/mol. The molecule has 1 heterocycles. The molecule has 1 rings (SSSR count). The monoisotopic (exact) mass is 269 g/mol. The molecule has 114 valence electrons. The van der Waals surface area contributed by atoms with Gasteiger partial charge in [-0.05, 0) is 39.2 Å². The van der Waals surface area contributed by atoms with E-state index in [2.05, 4.69) is 49.7 Å². The molecule has 2 unspecified atom stereocenters. The molecule has 0 bridgehead atoms. The van der Waals surface area contributed by atoms with Crippen molar-refractivity contribution in [2.75, 3.05) is 39.3 Å². The van der Waals surface area contributed by atoms with E-state index in [1.54, 1.807) is 0 Å². The summed E-state index contributed by atoms with van der Waals surface area (Å²) in [5.74, 6) is 0.794. The minimum Gasteiger partial charge on any atom is -0.314 e. The molecule has 1 fully saturated rings. The molecule has 1 aliphatic heterocycles. The molecule has 0 aromatic heterocycles. The number of rotatable bonds is 8. The number of nitrogens with one attached hydrogen (secondary N) is 1. The molecule has 1 aliphatic rings. The van der Waals surface area contributed by atoms with Crippen LogP contribution in [0.15, 0.2) is 0 Å². The summed E-state index contributed by atoms with van der Waals surface area (Å²) in [5, 5.41) is 3.60. The highest BCUT2D eigenvalue weighted by Crippen LogP contribution is 2.12. The molecule has 0 aromatic rings. The van der Waals surface area contributed by atoms with Crippen LogP contribution in [0.25, 0.3) is 0 Å². The minimum atomic E-state index is 0.642. The Kier molecular flexibility index (Phi) is 7.96. The molecular weight excluding hydrogens is 234 g/mol. The Balaban J connectivity index is 2.22. The summed E-state index contributed by atoms with van der Waals surface area (Å²) in [6.45, 7) is 19.0. The molecule has 1 saturated heterocycles. The van der Waals surface area contributed by atoms with E-state index in [9.17, 15) is 0 Å². The van der Waals surface area contributed by atoms with Gasteiger partial charge in [0.1, 0.15) is 0 Å². The summed E-state index contributed by atoms with van der Waals surface area (Å²) in [6.07, 6.45) is 2.50. The summed E-state index contributed by atoms with van der Waals surface area (Å²) in [4.78, 5) is 5.29. The van der Waals surface area contributed by atoms with Gasteiger partial charge in [-0.2, -0.15) is 0 Å². The molecule has 0 spiro atoms. The number of hydrogen-bond acceptors (Lipinski definition) is 3. The summed E-state index contributed by atoms with van der Waals surface area (Å²) >= 11 is 0. The Morgan fingerprint density at radius 1 is 1.00 bits per heavy atom. The Morgan fingerprint density at radius 2 is 1.63 bits per heavy atom. The van der Waals surface area contributed by atoms with Gasteiger partial charge in [-0.1, -0.05) is 20.8 Å². The van der Waals surface area contributed by atoms with Crippen LogP contribution in [0.4, 0.5) is 0 Å². The molecule has 3 nitrogen and oxygen atoms in total. The van der Waals surface area contributed by atoms with Crippen LogP contribution < -0.4 is 5.32 Å². The first-order valence-electron chi connectivity index (χ1n) is 8.22. The second-order valence-corrected chi connectivity index (χ2v) is 6.67. The maximum Gasteiger partial charge on any atom is 0.0113 e. The molecule has 0 aliphatic carbocycles. The fourth-order valence-electron chi connectivity index (χ4n) is 3.04. The van der Waals surface area contributed by atoms with Gasteiger partial charge < -0.3 is 10.2 Å². The van der Waals surface area contributed by atoms with Crippen molar-refractivity contribution >= 4 is 0 Å². The van der Waals surface area contributed by atoms with E-state index in [4.69, 9.17) is 0 Å². The number of piperazine rings is 1. The lowest BCUT2D eigenvalue weighted by Gasteiger charge is -2.39. The van der Waals surface area contributed by atoms with Crippen molar-refractivity contribution in [1.82, 2.24) is 15.1 Å². The molecule has 19 heavy (non-hydrogen) atoms. The van der Waals surface area contributed by atoms with Gasteiger partial charge in [0.15, 0.2) is 0 Å². The quantitative estimate of drug-likeness (QED) is 0.730. The van der Waals surface area contributed by atoms with E-state index >= 15 is 0 Å². The second-order valence-electron chi connectivity index (χ2n) is 6.67. The van der Waals surface area contributed by atoms with Crippen molar-refractivity contribution in [3.8, 4) is 0 Å². The largest absolute Gasteiger partial charge is 0.314 e. The van der Waals surface area contributed by atoms with Crippen molar-refractivity contribution in [3.05, 3.63) is 0 Å². The Bertz CT molecular complexity index is 222. The van der Waals surface area contributed by atoms with Crippen molar-refractivity contribution in [1.29, 1.82) is 0 Å². The topological polar surface area (TPSA) is 18.5 Å². The van der Waals surface area contributed by atoms with Crippen molar-refractivity contribution in [2.45, 2.75) is 59.5 Å². The molecule has 0 aromatic carbocycles. The molecule has 0 radical (unpaired) electrons. The molecule has 2 atom stereocenters. The highest BCUT2D eigenvalue weighted by atomic mass is 15.3. The summed E-state index contributed by atoms with van der Waals surface area (Å²) in [6, 6.07) is 1.35. The zero-order valence-electron chi connectivity index (χ0n) is 13.8. The smallest absolute Gasteiger partial charge is 0.0113 e. The van der Waals surface area contributed by atoms with Crippen LogP contribution in [0.5, 0.6) is 0 Å². The highest BCUT2D eigenvalue weighted by Gasteiger charge is 2.22. The van der Waals surface area contributed by atoms with Gasteiger partial charge in [0.25, 0.3) is 0 Å².